The van der Waals surface area contributed by atoms with Crippen LogP contribution in [0, 0.1) is 12.3 Å². The molecule has 0 spiro atoms. The highest BCUT2D eigenvalue weighted by atomic mass is 31.2. The lowest BCUT2D eigenvalue weighted by atomic mass is 9.92. The monoisotopic (exact) mass is 743 g/mol. The molecule has 2 aromatic heterocycles. The van der Waals surface area contributed by atoms with Crippen molar-refractivity contribution in [1.82, 2.24) is 19.7 Å². The fourth-order valence-electron chi connectivity index (χ4n) is 6.06. The lowest BCUT2D eigenvalue weighted by Crippen LogP contribution is -2.21. The number of urea groups is 1. The Morgan fingerprint density at radius 3 is 2.44 bits per heavy atom. The summed E-state index contributed by atoms with van der Waals surface area (Å²) in [4.78, 5) is 22.5. The average molecular weight is 744 g/mol. The predicted molar refractivity (Wildman–Crippen MR) is 220 cm³/mol. The van der Waals surface area contributed by atoms with Gasteiger partial charge < -0.3 is 31.1 Å². The first-order valence-corrected chi connectivity index (χ1v) is 20.1. The topological polar surface area (TPSA) is 173 Å². The molecule has 278 valence electrons. The first kappa shape index (κ1) is 37.7. The minimum atomic E-state index is -2.31. The normalized spacial score (nSPS) is 11.7. The number of nitrogens with two attached hydrogens (primary N) is 1. The maximum absolute atomic E-state index is 13.7. The van der Waals surface area contributed by atoms with E-state index in [-0.39, 0.29) is 5.41 Å². The Hall–Kier alpha value is -6.00. The van der Waals surface area contributed by atoms with Crippen molar-refractivity contribution in [1.29, 1.82) is 5.41 Å². The van der Waals surface area contributed by atoms with Crippen molar-refractivity contribution in [2.75, 3.05) is 34.0 Å². The van der Waals surface area contributed by atoms with E-state index in [9.17, 15) is 9.36 Å². The molecule has 4 aromatic carbocycles. The van der Waals surface area contributed by atoms with Crippen LogP contribution in [-0.4, -0.2) is 44.3 Å². The Morgan fingerprint density at radius 2 is 1.72 bits per heavy atom. The quantitative estimate of drug-likeness (QED) is 0.0468. The van der Waals surface area contributed by atoms with Gasteiger partial charge in [-0.25, -0.2) is 14.5 Å². The van der Waals surface area contributed by atoms with E-state index in [1.807, 2.05) is 81.4 Å². The number of nitrogen functional groups attached to an aromatic ring is 1. The molecule has 0 saturated heterocycles. The predicted octanol–water partition coefficient (Wildman–Crippen LogP) is 10.1. The molecule has 0 aliphatic carbocycles. The third-order valence-corrected chi connectivity index (χ3v) is 12.6. The molecule has 0 unspecified atom stereocenters. The third-order valence-electron chi connectivity index (χ3n) is 9.31. The smallest absolute Gasteiger partial charge is 0.324 e. The molecule has 6 aromatic rings. The second-order valence-corrected chi connectivity index (χ2v) is 17.9. The van der Waals surface area contributed by atoms with Crippen LogP contribution >= 0.6 is 7.14 Å². The number of amides is 2. The van der Waals surface area contributed by atoms with E-state index < -0.39 is 13.2 Å². The highest BCUT2D eigenvalue weighted by Crippen LogP contribution is 2.48. The summed E-state index contributed by atoms with van der Waals surface area (Å²) in [5, 5.41) is 23.3. The van der Waals surface area contributed by atoms with Gasteiger partial charge in [0.15, 0.2) is 0 Å². The standard InChI is InChI=1S/C41H46N9O3P/c1-7-54(52,8-2)25-27-12-11-13-30(21-27)50-36(23-35(49-50)41(4,5)6)47-40(51)46-33-16-17-34(32-15-10-9-14-31(32)33)53-37-18-19-44-39(48-37)45-29-20-26(3)38(43)28(22-29)24-42/h9-24,42H,7-8,25,43H2,1-6H3,(H,44,45,48)(H2,46,47,51). The van der Waals surface area contributed by atoms with Gasteiger partial charge in [-0.15, -0.1) is 0 Å². The van der Waals surface area contributed by atoms with E-state index in [4.69, 9.17) is 21.0 Å². The molecule has 2 heterocycles. The number of benzene rings is 4. The summed E-state index contributed by atoms with van der Waals surface area (Å²) in [6, 6.07) is 25.8. The average Bonchev–Trinajstić information content (AvgIpc) is 3.58. The number of anilines is 5. The van der Waals surface area contributed by atoms with Crippen molar-refractivity contribution < 1.29 is 14.1 Å². The molecule has 6 rings (SSSR count). The number of aromatic nitrogens is 4. The zero-order valence-electron chi connectivity index (χ0n) is 31.4. The molecule has 6 N–H and O–H groups in total. The number of nitrogens with zero attached hydrogens (tertiary/aromatic N) is 4. The second-order valence-electron chi connectivity index (χ2n) is 14.2. The minimum absolute atomic E-state index is 0.276. The van der Waals surface area contributed by atoms with Gasteiger partial charge in [0.05, 0.1) is 24.2 Å². The van der Waals surface area contributed by atoms with Crippen molar-refractivity contribution >= 4 is 59.0 Å². The van der Waals surface area contributed by atoms with Gasteiger partial charge in [-0.3, -0.25) is 5.32 Å². The minimum Gasteiger partial charge on any atom is -0.438 e. The molecule has 13 heteroatoms. The summed E-state index contributed by atoms with van der Waals surface area (Å²) in [5.41, 5.74) is 11.6. The first-order valence-electron chi connectivity index (χ1n) is 17.8. The molecule has 0 radical (unpaired) electrons. The molecule has 0 aliphatic rings. The SMILES string of the molecule is CCP(=O)(CC)Cc1cccc(-n2nc(C(C)(C)C)cc2NC(=O)Nc2ccc(Oc3ccnc(Nc4cc(C)c(N)c(C=N)c4)n3)c3ccccc23)c1. The van der Waals surface area contributed by atoms with E-state index in [1.165, 1.54) is 6.21 Å². The number of ether oxygens (including phenoxy) is 1. The molecular weight excluding hydrogens is 697 g/mol. The van der Waals surface area contributed by atoms with Crippen LogP contribution in [0.15, 0.2) is 91.1 Å². The molecule has 0 fully saturated rings. The number of hydrogen-bond donors (Lipinski definition) is 5. The van der Waals surface area contributed by atoms with Crippen LogP contribution in [0.4, 0.5) is 33.6 Å². The fourth-order valence-corrected chi connectivity index (χ4v) is 7.81. The highest BCUT2D eigenvalue weighted by molar-refractivity contribution is 7.63. The van der Waals surface area contributed by atoms with Gasteiger partial charge in [0.1, 0.15) is 11.6 Å². The fraction of sp³-hybridized carbons (Fsp3) is 0.244. The van der Waals surface area contributed by atoms with Crippen LogP contribution < -0.4 is 26.4 Å². The summed E-state index contributed by atoms with van der Waals surface area (Å²) in [5.74, 6) is 1.67. The summed E-state index contributed by atoms with van der Waals surface area (Å²) in [6.45, 7) is 12.1. The number of carbonyl (C=O) groups excluding carboxylic acids is 1. The van der Waals surface area contributed by atoms with Crippen molar-refractivity contribution in [2.45, 2.75) is 53.1 Å². The maximum Gasteiger partial charge on any atom is 0.324 e. The summed E-state index contributed by atoms with van der Waals surface area (Å²) in [6.07, 6.45) is 4.62. The van der Waals surface area contributed by atoms with Crippen LogP contribution in [0.25, 0.3) is 16.5 Å². The number of rotatable bonds is 12. The zero-order valence-corrected chi connectivity index (χ0v) is 32.3. The summed E-state index contributed by atoms with van der Waals surface area (Å²) >= 11 is 0. The zero-order chi connectivity index (χ0) is 38.6. The van der Waals surface area contributed by atoms with E-state index in [0.29, 0.717) is 64.5 Å². The van der Waals surface area contributed by atoms with Crippen molar-refractivity contribution in [3.8, 4) is 17.3 Å². The van der Waals surface area contributed by atoms with E-state index in [0.717, 1.165) is 33.3 Å². The molecule has 12 nitrogen and oxygen atoms in total. The van der Waals surface area contributed by atoms with Gasteiger partial charge in [0.2, 0.25) is 11.8 Å². The van der Waals surface area contributed by atoms with Gasteiger partial charge in [0.25, 0.3) is 0 Å². The lowest BCUT2D eigenvalue weighted by molar-refractivity contribution is 0.262. The van der Waals surface area contributed by atoms with Gasteiger partial charge in [0, 0.05) is 63.8 Å². The van der Waals surface area contributed by atoms with Crippen molar-refractivity contribution in [3.05, 3.63) is 114 Å². The van der Waals surface area contributed by atoms with Crippen LogP contribution in [0.2, 0.25) is 0 Å². The summed E-state index contributed by atoms with van der Waals surface area (Å²) < 4.78 is 21.3. The number of nitrogens with one attached hydrogen (secondary N) is 4. The molecule has 0 atom stereocenters. The van der Waals surface area contributed by atoms with E-state index in [2.05, 4.69) is 46.7 Å². The number of fused-ring (bicyclic) bond motifs is 1. The number of carbonyl (C=O) groups is 1. The molecule has 0 saturated carbocycles. The van der Waals surface area contributed by atoms with E-state index >= 15 is 0 Å². The van der Waals surface area contributed by atoms with Gasteiger partial charge >= 0.3 is 6.03 Å². The Kier molecular flexibility index (Phi) is 10.9. The van der Waals surface area contributed by atoms with Crippen LogP contribution in [0.3, 0.4) is 0 Å². The Balaban J connectivity index is 1.23. The Morgan fingerprint density at radius 1 is 0.963 bits per heavy atom. The summed E-state index contributed by atoms with van der Waals surface area (Å²) in [7, 11) is -2.31. The molecular formula is C41H46N9O3P. The lowest BCUT2D eigenvalue weighted by Gasteiger charge is -2.16. The largest absolute Gasteiger partial charge is 0.438 e. The molecule has 0 aliphatic heterocycles. The van der Waals surface area contributed by atoms with Crippen LogP contribution in [0.1, 0.15) is 57.0 Å². The Labute approximate surface area is 315 Å². The van der Waals surface area contributed by atoms with Crippen LogP contribution in [0.5, 0.6) is 11.6 Å². The van der Waals surface area contributed by atoms with Crippen LogP contribution in [-0.2, 0) is 16.1 Å². The molecule has 2 amide bonds. The van der Waals surface area contributed by atoms with Crippen molar-refractivity contribution in [3.63, 3.8) is 0 Å². The van der Waals surface area contributed by atoms with Gasteiger partial charge in [-0.2, -0.15) is 10.1 Å². The van der Waals surface area contributed by atoms with Gasteiger partial charge in [-0.1, -0.05) is 71.0 Å². The maximum atomic E-state index is 13.7. The molecule has 54 heavy (non-hydrogen) atoms. The van der Waals surface area contributed by atoms with E-state index in [1.54, 1.807) is 35.1 Å². The number of aryl methyl sites for hydroxylation is 1. The number of hydrogen-bond acceptors (Lipinski definition) is 9. The molecule has 0 bridgehead atoms. The first-order chi connectivity index (χ1) is 25.8. The third kappa shape index (κ3) is 8.45. The Bertz CT molecular complexity index is 2390. The highest BCUT2D eigenvalue weighted by Gasteiger charge is 2.23. The van der Waals surface area contributed by atoms with Gasteiger partial charge in [-0.05, 0) is 66.8 Å². The van der Waals surface area contributed by atoms with Crippen molar-refractivity contribution in [2.24, 2.45) is 0 Å². The second kappa shape index (κ2) is 15.5.